The molecule has 114 valence electrons. The van der Waals surface area contributed by atoms with Crippen molar-refractivity contribution in [3.63, 3.8) is 0 Å². The van der Waals surface area contributed by atoms with Gasteiger partial charge in [0.05, 0.1) is 7.11 Å². The van der Waals surface area contributed by atoms with Crippen molar-refractivity contribution in [1.29, 1.82) is 0 Å². The van der Waals surface area contributed by atoms with Gasteiger partial charge < -0.3 is 14.2 Å². The van der Waals surface area contributed by atoms with Crippen LogP contribution < -0.4 is 9.47 Å². The highest BCUT2D eigenvalue weighted by atomic mass is 35.5. The molecule has 0 N–H and O–H groups in total. The van der Waals surface area contributed by atoms with E-state index >= 15 is 0 Å². The SMILES string of the molecule is COC(=O)C1Oc2ccc(Cl)cc2Cc2cc(Cl)ccc2O1. The molecule has 0 saturated heterocycles. The van der Waals surface area contributed by atoms with Crippen molar-refractivity contribution < 1.29 is 19.0 Å². The number of benzene rings is 2. The van der Waals surface area contributed by atoms with Crippen LogP contribution in [0.25, 0.3) is 0 Å². The maximum absolute atomic E-state index is 11.9. The van der Waals surface area contributed by atoms with Crippen molar-refractivity contribution in [2.45, 2.75) is 12.7 Å². The van der Waals surface area contributed by atoms with E-state index in [1.807, 2.05) is 0 Å². The van der Waals surface area contributed by atoms with Crippen LogP contribution in [0.3, 0.4) is 0 Å². The van der Waals surface area contributed by atoms with Gasteiger partial charge >= 0.3 is 12.3 Å². The van der Waals surface area contributed by atoms with E-state index < -0.39 is 12.3 Å². The lowest BCUT2D eigenvalue weighted by Crippen LogP contribution is -2.35. The van der Waals surface area contributed by atoms with Crippen LogP contribution in [0.5, 0.6) is 11.5 Å². The van der Waals surface area contributed by atoms with Gasteiger partial charge in [0, 0.05) is 27.6 Å². The second-order valence-electron chi connectivity index (χ2n) is 4.77. The Kier molecular flexibility index (Phi) is 4.14. The predicted octanol–water partition coefficient (Wildman–Crippen LogP) is 3.85. The zero-order valence-corrected chi connectivity index (χ0v) is 13.1. The van der Waals surface area contributed by atoms with E-state index in [2.05, 4.69) is 0 Å². The monoisotopic (exact) mass is 338 g/mol. The quantitative estimate of drug-likeness (QED) is 0.740. The second kappa shape index (κ2) is 6.07. The summed E-state index contributed by atoms with van der Waals surface area (Å²) in [6.45, 7) is 0. The lowest BCUT2D eigenvalue weighted by molar-refractivity contribution is -0.162. The van der Waals surface area contributed by atoms with Crippen LogP contribution in [0.2, 0.25) is 10.0 Å². The molecular formula is C16H12Cl2O4. The fourth-order valence-corrected chi connectivity index (χ4v) is 2.64. The van der Waals surface area contributed by atoms with Crippen LogP contribution in [-0.2, 0) is 16.0 Å². The summed E-state index contributed by atoms with van der Waals surface area (Å²) in [6.07, 6.45) is -0.662. The van der Waals surface area contributed by atoms with E-state index in [9.17, 15) is 4.79 Å². The summed E-state index contributed by atoms with van der Waals surface area (Å²) in [7, 11) is 1.28. The molecule has 0 amide bonds. The molecule has 4 nitrogen and oxygen atoms in total. The van der Waals surface area contributed by atoms with Crippen LogP contribution >= 0.6 is 23.2 Å². The van der Waals surface area contributed by atoms with E-state index in [0.29, 0.717) is 28.0 Å². The van der Waals surface area contributed by atoms with Gasteiger partial charge in [0.2, 0.25) is 0 Å². The van der Waals surface area contributed by atoms with Gasteiger partial charge in [-0.1, -0.05) is 23.2 Å². The Morgan fingerprint density at radius 3 is 2.00 bits per heavy atom. The van der Waals surface area contributed by atoms with Gasteiger partial charge in [-0.15, -0.1) is 0 Å². The largest absolute Gasteiger partial charge is 0.463 e. The number of ether oxygens (including phenoxy) is 3. The van der Waals surface area contributed by atoms with Crippen molar-refractivity contribution in [3.8, 4) is 11.5 Å². The van der Waals surface area contributed by atoms with Crippen molar-refractivity contribution in [2.75, 3.05) is 7.11 Å². The number of halogens is 2. The molecule has 1 heterocycles. The highest BCUT2D eigenvalue weighted by Gasteiger charge is 2.28. The van der Waals surface area contributed by atoms with Gasteiger partial charge in [-0.2, -0.15) is 0 Å². The molecule has 0 bridgehead atoms. The highest BCUT2D eigenvalue weighted by Crippen LogP contribution is 2.34. The standard InChI is InChI=1S/C16H12Cl2O4/c1-20-15(19)16-21-13-4-2-11(17)7-9(13)6-10-8-12(18)3-5-14(10)22-16/h2-5,7-8,16H,6H2,1H3. The smallest absolute Gasteiger partial charge is 0.389 e. The van der Waals surface area contributed by atoms with Crippen molar-refractivity contribution in [2.24, 2.45) is 0 Å². The van der Waals surface area contributed by atoms with E-state index in [0.717, 1.165) is 11.1 Å². The van der Waals surface area contributed by atoms with Crippen LogP contribution in [0, 0.1) is 0 Å². The lowest BCUT2D eigenvalue weighted by Gasteiger charge is -2.24. The Labute approximate surface area is 137 Å². The first-order valence-corrected chi connectivity index (χ1v) is 7.30. The minimum Gasteiger partial charge on any atom is -0.463 e. The third-order valence-corrected chi connectivity index (χ3v) is 3.76. The third-order valence-electron chi connectivity index (χ3n) is 3.29. The van der Waals surface area contributed by atoms with Gasteiger partial charge in [0.1, 0.15) is 11.5 Å². The van der Waals surface area contributed by atoms with E-state index in [1.54, 1.807) is 36.4 Å². The molecule has 3 rings (SSSR count). The van der Waals surface area contributed by atoms with Gasteiger partial charge in [-0.25, -0.2) is 4.79 Å². The average molecular weight is 339 g/mol. The number of hydrogen-bond acceptors (Lipinski definition) is 4. The van der Waals surface area contributed by atoms with Gasteiger partial charge in [0.25, 0.3) is 0 Å². The molecule has 2 aromatic carbocycles. The summed E-state index contributed by atoms with van der Waals surface area (Å²) in [6, 6.07) is 10.4. The number of fused-ring (bicyclic) bond motifs is 2. The number of carbonyl (C=O) groups excluding carboxylic acids is 1. The Morgan fingerprint density at radius 1 is 1.05 bits per heavy atom. The molecule has 1 aliphatic rings. The molecule has 0 aliphatic carbocycles. The minimum absolute atomic E-state index is 0.519. The van der Waals surface area contributed by atoms with E-state index in [-0.39, 0.29) is 0 Å². The molecule has 0 saturated carbocycles. The number of carbonyl (C=O) groups is 1. The summed E-state index contributed by atoms with van der Waals surface area (Å²) in [5.74, 6) is 0.416. The number of rotatable bonds is 1. The van der Waals surface area contributed by atoms with Gasteiger partial charge in [0.15, 0.2) is 0 Å². The molecule has 0 radical (unpaired) electrons. The molecule has 0 fully saturated rings. The Morgan fingerprint density at radius 2 is 1.55 bits per heavy atom. The van der Waals surface area contributed by atoms with Crippen molar-refractivity contribution >= 4 is 29.2 Å². The fraction of sp³-hybridized carbons (Fsp3) is 0.188. The first kappa shape index (κ1) is 15.0. The van der Waals surface area contributed by atoms with Gasteiger partial charge in [-0.3, -0.25) is 0 Å². The van der Waals surface area contributed by atoms with Crippen molar-refractivity contribution in [3.05, 3.63) is 57.6 Å². The lowest BCUT2D eigenvalue weighted by atomic mass is 10.0. The first-order chi connectivity index (χ1) is 10.6. The Bertz CT molecular complexity index is 677. The topological polar surface area (TPSA) is 44.8 Å². The van der Waals surface area contributed by atoms with E-state index in [1.165, 1.54) is 7.11 Å². The number of methoxy groups -OCH3 is 1. The number of hydrogen-bond donors (Lipinski definition) is 0. The summed E-state index contributed by atoms with van der Waals surface area (Å²) >= 11 is 12.1. The summed E-state index contributed by atoms with van der Waals surface area (Å²) < 4.78 is 16.0. The van der Waals surface area contributed by atoms with Crippen LogP contribution in [-0.4, -0.2) is 19.4 Å². The summed E-state index contributed by atoms with van der Waals surface area (Å²) in [4.78, 5) is 11.9. The van der Waals surface area contributed by atoms with Crippen molar-refractivity contribution in [1.82, 2.24) is 0 Å². The Balaban J connectivity index is 2.11. The fourth-order valence-electron chi connectivity index (χ4n) is 2.25. The molecule has 22 heavy (non-hydrogen) atoms. The Hall–Kier alpha value is -1.91. The molecule has 0 unspecified atom stereocenters. The highest BCUT2D eigenvalue weighted by molar-refractivity contribution is 6.31. The molecule has 0 aromatic heterocycles. The average Bonchev–Trinajstić information content (AvgIpc) is 2.48. The molecule has 1 aliphatic heterocycles. The normalized spacial score (nSPS) is 13.8. The first-order valence-electron chi connectivity index (χ1n) is 6.55. The molecule has 0 atom stereocenters. The molecule has 6 heteroatoms. The molecular weight excluding hydrogens is 327 g/mol. The zero-order chi connectivity index (χ0) is 15.7. The van der Waals surface area contributed by atoms with Crippen LogP contribution in [0.1, 0.15) is 11.1 Å². The third kappa shape index (κ3) is 2.98. The van der Waals surface area contributed by atoms with Crippen LogP contribution in [0.4, 0.5) is 0 Å². The maximum atomic E-state index is 11.9. The predicted molar refractivity (Wildman–Crippen MR) is 82.8 cm³/mol. The summed E-state index contributed by atoms with van der Waals surface area (Å²) in [5, 5.41) is 1.17. The summed E-state index contributed by atoms with van der Waals surface area (Å²) in [5.41, 5.74) is 1.68. The number of esters is 1. The molecule has 0 spiro atoms. The molecule has 2 aromatic rings. The maximum Gasteiger partial charge on any atom is 0.389 e. The second-order valence-corrected chi connectivity index (χ2v) is 5.64. The van der Waals surface area contributed by atoms with Crippen LogP contribution in [0.15, 0.2) is 36.4 Å². The zero-order valence-electron chi connectivity index (χ0n) is 11.6. The minimum atomic E-state index is -1.19. The van der Waals surface area contributed by atoms with E-state index in [4.69, 9.17) is 37.4 Å². The van der Waals surface area contributed by atoms with Gasteiger partial charge in [-0.05, 0) is 36.4 Å².